The molecule has 9 aromatic carbocycles. The maximum atomic E-state index is 6.49. The Labute approximate surface area is 277 Å². The standard InChI is InChI=1S/C46H29NO/c1-2-8-30(9-3-1)31-18-22-36(23-19-31)47(38-24-20-33-21-26-42-41-12-6-7-13-44(41)48-46(42)43(33)29-38)37-25-27-40-35(28-37)17-16-34-15-14-32-10-4-5-11-39(32)45(34)40/h1-29H. The molecular weight excluding hydrogens is 583 g/mol. The molecule has 1 aromatic heterocycles. The van der Waals surface area contributed by atoms with Gasteiger partial charge in [0.05, 0.1) is 0 Å². The van der Waals surface area contributed by atoms with Gasteiger partial charge in [-0.2, -0.15) is 0 Å². The van der Waals surface area contributed by atoms with Crippen LogP contribution in [0.1, 0.15) is 0 Å². The summed E-state index contributed by atoms with van der Waals surface area (Å²) >= 11 is 0. The number of anilines is 3. The maximum absolute atomic E-state index is 6.49. The Bertz CT molecular complexity index is 2830. The van der Waals surface area contributed by atoms with Gasteiger partial charge in [0.1, 0.15) is 11.2 Å². The van der Waals surface area contributed by atoms with Gasteiger partial charge in [-0.15, -0.1) is 0 Å². The molecule has 0 fully saturated rings. The molecule has 10 aromatic rings. The van der Waals surface area contributed by atoms with Crippen LogP contribution in [0.5, 0.6) is 0 Å². The second kappa shape index (κ2) is 10.6. The van der Waals surface area contributed by atoms with E-state index in [1.165, 1.54) is 43.4 Å². The Morgan fingerprint density at radius 1 is 0.333 bits per heavy atom. The van der Waals surface area contributed by atoms with Crippen LogP contribution in [0.2, 0.25) is 0 Å². The molecule has 0 spiro atoms. The Kier molecular flexibility index (Phi) is 5.91. The third-order valence-electron chi connectivity index (χ3n) is 9.80. The van der Waals surface area contributed by atoms with E-state index in [9.17, 15) is 0 Å². The number of fused-ring (bicyclic) bond motifs is 10. The lowest BCUT2D eigenvalue weighted by molar-refractivity contribution is 0.672. The van der Waals surface area contributed by atoms with E-state index in [0.717, 1.165) is 49.8 Å². The summed E-state index contributed by atoms with van der Waals surface area (Å²) in [6.45, 7) is 0. The molecule has 0 bridgehead atoms. The largest absolute Gasteiger partial charge is 0.455 e. The highest BCUT2D eigenvalue weighted by Gasteiger charge is 2.17. The van der Waals surface area contributed by atoms with E-state index in [2.05, 4.69) is 169 Å². The summed E-state index contributed by atoms with van der Waals surface area (Å²) in [6.07, 6.45) is 0. The predicted molar refractivity (Wildman–Crippen MR) is 204 cm³/mol. The van der Waals surface area contributed by atoms with Crippen molar-refractivity contribution in [1.29, 1.82) is 0 Å². The van der Waals surface area contributed by atoms with Gasteiger partial charge >= 0.3 is 0 Å². The van der Waals surface area contributed by atoms with Crippen LogP contribution in [0, 0.1) is 0 Å². The van der Waals surface area contributed by atoms with Gasteiger partial charge in [-0.3, -0.25) is 0 Å². The number of hydrogen-bond acceptors (Lipinski definition) is 2. The van der Waals surface area contributed by atoms with E-state index in [-0.39, 0.29) is 0 Å². The van der Waals surface area contributed by atoms with Gasteiger partial charge in [0.15, 0.2) is 0 Å². The zero-order valence-electron chi connectivity index (χ0n) is 26.1. The van der Waals surface area contributed by atoms with Gasteiger partial charge in [0.2, 0.25) is 0 Å². The van der Waals surface area contributed by atoms with Crippen molar-refractivity contribution in [2.75, 3.05) is 4.90 Å². The van der Waals surface area contributed by atoms with Crippen LogP contribution in [0.3, 0.4) is 0 Å². The second-order valence-electron chi connectivity index (χ2n) is 12.6. The minimum atomic E-state index is 0.910. The van der Waals surface area contributed by atoms with Crippen LogP contribution in [0.15, 0.2) is 180 Å². The van der Waals surface area contributed by atoms with Crippen molar-refractivity contribution in [3.63, 3.8) is 0 Å². The minimum Gasteiger partial charge on any atom is -0.455 e. The van der Waals surface area contributed by atoms with Gasteiger partial charge in [-0.05, 0) is 97.4 Å². The van der Waals surface area contributed by atoms with E-state index >= 15 is 0 Å². The number of rotatable bonds is 4. The first-order valence-electron chi connectivity index (χ1n) is 16.4. The number of nitrogens with zero attached hydrogens (tertiary/aromatic N) is 1. The molecule has 0 saturated heterocycles. The molecule has 0 amide bonds. The second-order valence-corrected chi connectivity index (χ2v) is 12.6. The molecule has 0 N–H and O–H groups in total. The van der Waals surface area contributed by atoms with Gasteiger partial charge in [0.25, 0.3) is 0 Å². The maximum Gasteiger partial charge on any atom is 0.143 e. The van der Waals surface area contributed by atoms with Crippen molar-refractivity contribution < 1.29 is 4.42 Å². The fourth-order valence-electron chi connectivity index (χ4n) is 7.47. The zero-order valence-corrected chi connectivity index (χ0v) is 26.1. The number of para-hydroxylation sites is 1. The van der Waals surface area contributed by atoms with E-state index in [1.54, 1.807) is 0 Å². The van der Waals surface area contributed by atoms with E-state index in [1.807, 2.05) is 12.1 Å². The van der Waals surface area contributed by atoms with Crippen molar-refractivity contribution >= 4 is 82.1 Å². The van der Waals surface area contributed by atoms with Crippen LogP contribution in [-0.2, 0) is 0 Å². The summed E-state index contributed by atoms with van der Waals surface area (Å²) in [5.41, 5.74) is 7.51. The molecule has 0 unspecified atom stereocenters. The fourth-order valence-corrected chi connectivity index (χ4v) is 7.47. The molecule has 1 heterocycles. The highest BCUT2D eigenvalue weighted by Crippen LogP contribution is 2.42. The fraction of sp³-hybridized carbons (Fsp3) is 0. The Morgan fingerprint density at radius 2 is 0.896 bits per heavy atom. The van der Waals surface area contributed by atoms with Crippen molar-refractivity contribution in [3.05, 3.63) is 176 Å². The molecule has 2 nitrogen and oxygen atoms in total. The summed E-state index contributed by atoms with van der Waals surface area (Å²) in [7, 11) is 0. The molecule has 0 aliphatic carbocycles. The van der Waals surface area contributed by atoms with Crippen molar-refractivity contribution in [1.82, 2.24) is 0 Å². The summed E-state index contributed by atoms with van der Waals surface area (Å²) in [6, 6.07) is 63.4. The number of furan rings is 1. The Hall–Kier alpha value is -6.38. The third kappa shape index (κ3) is 4.20. The zero-order chi connectivity index (χ0) is 31.6. The van der Waals surface area contributed by atoms with Crippen molar-refractivity contribution in [2.45, 2.75) is 0 Å². The normalized spacial score (nSPS) is 11.8. The number of benzene rings is 9. The predicted octanol–water partition coefficient (Wildman–Crippen LogP) is 13.3. The van der Waals surface area contributed by atoms with Crippen LogP contribution < -0.4 is 4.90 Å². The molecule has 0 aliphatic rings. The quantitative estimate of drug-likeness (QED) is 0.184. The van der Waals surface area contributed by atoms with Crippen LogP contribution in [0.4, 0.5) is 17.1 Å². The van der Waals surface area contributed by atoms with E-state index < -0.39 is 0 Å². The van der Waals surface area contributed by atoms with Crippen molar-refractivity contribution in [3.8, 4) is 11.1 Å². The third-order valence-corrected chi connectivity index (χ3v) is 9.80. The monoisotopic (exact) mass is 611 g/mol. The average molecular weight is 612 g/mol. The molecule has 48 heavy (non-hydrogen) atoms. The van der Waals surface area contributed by atoms with Gasteiger partial charge in [0, 0.05) is 33.2 Å². The highest BCUT2D eigenvalue weighted by molar-refractivity contribution is 6.21. The summed E-state index contributed by atoms with van der Waals surface area (Å²) < 4.78 is 6.49. The molecule has 0 atom stereocenters. The first kappa shape index (κ1) is 26.8. The number of hydrogen-bond donors (Lipinski definition) is 0. The summed E-state index contributed by atoms with van der Waals surface area (Å²) in [5.74, 6) is 0. The van der Waals surface area contributed by atoms with Crippen LogP contribution in [0.25, 0.3) is 76.2 Å². The molecule has 10 rings (SSSR count). The van der Waals surface area contributed by atoms with Gasteiger partial charge in [-0.25, -0.2) is 0 Å². The summed E-state index contributed by atoms with van der Waals surface area (Å²) in [4.78, 5) is 2.36. The Balaban J connectivity index is 1.19. The SMILES string of the molecule is c1ccc(-c2ccc(N(c3ccc4c(ccc5ccc6ccccc6c54)c3)c3ccc4ccc5c6ccccc6oc5c4c3)cc2)cc1. The molecule has 2 heteroatoms. The lowest BCUT2D eigenvalue weighted by Gasteiger charge is -2.26. The average Bonchev–Trinajstić information content (AvgIpc) is 3.55. The summed E-state index contributed by atoms with van der Waals surface area (Å²) in [5, 5.41) is 12.1. The highest BCUT2D eigenvalue weighted by atomic mass is 16.3. The van der Waals surface area contributed by atoms with Crippen LogP contribution in [-0.4, -0.2) is 0 Å². The molecule has 0 saturated carbocycles. The van der Waals surface area contributed by atoms with E-state index in [4.69, 9.17) is 4.42 Å². The van der Waals surface area contributed by atoms with Crippen LogP contribution >= 0.6 is 0 Å². The lowest BCUT2D eigenvalue weighted by atomic mass is 9.96. The van der Waals surface area contributed by atoms with E-state index in [0.29, 0.717) is 0 Å². The van der Waals surface area contributed by atoms with Gasteiger partial charge in [-0.1, -0.05) is 127 Å². The molecule has 0 radical (unpaired) electrons. The first-order chi connectivity index (χ1) is 23.8. The van der Waals surface area contributed by atoms with Crippen molar-refractivity contribution in [2.24, 2.45) is 0 Å². The smallest absolute Gasteiger partial charge is 0.143 e. The lowest BCUT2D eigenvalue weighted by Crippen LogP contribution is -2.10. The van der Waals surface area contributed by atoms with Gasteiger partial charge < -0.3 is 9.32 Å². The molecule has 0 aliphatic heterocycles. The minimum absolute atomic E-state index is 0.910. The molecular formula is C46H29NO. The molecule has 224 valence electrons. The topological polar surface area (TPSA) is 16.4 Å². The Morgan fingerprint density at radius 3 is 1.77 bits per heavy atom. The first-order valence-corrected chi connectivity index (χ1v) is 16.4.